The van der Waals surface area contributed by atoms with Gasteiger partial charge in [-0.05, 0) is 104 Å². The minimum absolute atomic E-state index is 0.158. The number of ether oxygens (including phenoxy) is 2. The second-order valence-corrected chi connectivity index (χ2v) is 22.9. The molecule has 342 valence electrons. The van der Waals surface area contributed by atoms with Gasteiger partial charge in [-0.1, -0.05) is 63.6 Å². The molecule has 0 bridgehead atoms. The van der Waals surface area contributed by atoms with Crippen LogP contribution < -0.4 is 9.80 Å². The second-order valence-electron chi connectivity index (χ2n) is 16.9. The number of hydrogen-bond acceptors (Lipinski definition) is 12. The molecule has 1 atom stereocenters. The molecule has 20 heteroatoms. The lowest BCUT2D eigenvalue weighted by molar-refractivity contribution is 0.0123. The summed E-state index contributed by atoms with van der Waals surface area (Å²) in [4.78, 5) is 3.42. The van der Waals surface area contributed by atoms with E-state index in [1.165, 1.54) is 24.3 Å². The van der Waals surface area contributed by atoms with E-state index in [1.54, 1.807) is 24.3 Å². The summed E-state index contributed by atoms with van der Waals surface area (Å²) in [5.74, 6) is -0.00694. The summed E-state index contributed by atoms with van der Waals surface area (Å²) < 4.78 is 146. The number of nitrogens with zero attached hydrogens (tertiary/aromatic N) is 2. The van der Waals surface area contributed by atoms with Crippen LogP contribution in [-0.4, -0.2) is 89.3 Å². The Morgan fingerprint density at radius 1 is 0.683 bits per heavy atom. The molecule has 3 aliphatic rings. The fourth-order valence-electron chi connectivity index (χ4n) is 8.44. The molecule has 3 aromatic rings. The van der Waals surface area contributed by atoms with Crippen LogP contribution in [0, 0.1) is 6.92 Å². The number of unbranched alkanes of at least 4 members (excludes halogenated alkanes) is 2. The average Bonchev–Trinajstić information content (AvgIpc) is 3.52. The Bertz CT molecular complexity index is 2850. The number of fused-ring (bicyclic) bond motifs is 2. The van der Waals surface area contributed by atoms with Gasteiger partial charge in [-0.3, -0.25) is 18.2 Å². The standard InChI is InChI=1S/C43H52N2O14S4/c1-29-10-12-30(13-11-29)41-37(18-20-39-42(2,3)33-26-31(62(52,53)54)14-16-35(33)44(39)22-6-8-24-60(46,47)48)58-28-59-38(41)19-21-40-43(4,5)34-27-32(63(55,56)57)15-17-36(34)45(40)23-7-9-25-61(49,50)51/h10-21,26-27,39H,6-9,22-25,28H2,1-5H3,(H,46,47,48)(H,49,50,51)(H,52,53,54)(H,55,56,57)/b20-18+,38-19-,40-21+. The Kier molecular flexibility index (Phi) is 13.5. The van der Waals surface area contributed by atoms with Gasteiger partial charge in [0.1, 0.15) is 11.5 Å². The van der Waals surface area contributed by atoms with Gasteiger partial charge in [-0.25, -0.2) is 0 Å². The van der Waals surface area contributed by atoms with Crippen LogP contribution in [0.4, 0.5) is 11.4 Å². The van der Waals surface area contributed by atoms with Crippen molar-refractivity contribution in [3.8, 4) is 0 Å². The van der Waals surface area contributed by atoms with Crippen LogP contribution in [0.2, 0.25) is 0 Å². The smallest absolute Gasteiger partial charge is 0.294 e. The fourth-order valence-corrected chi connectivity index (χ4v) is 10.6. The van der Waals surface area contributed by atoms with E-state index >= 15 is 0 Å². The van der Waals surface area contributed by atoms with Gasteiger partial charge in [0, 0.05) is 41.0 Å². The van der Waals surface area contributed by atoms with Crippen molar-refractivity contribution in [1.29, 1.82) is 0 Å². The monoisotopic (exact) mass is 948 g/mol. The third-order valence-corrected chi connectivity index (χ3v) is 15.0. The van der Waals surface area contributed by atoms with Crippen molar-refractivity contribution in [1.82, 2.24) is 0 Å². The summed E-state index contributed by atoms with van der Waals surface area (Å²) in [6.45, 7) is 10.1. The van der Waals surface area contributed by atoms with Crippen LogP contribution in [0.25, 0.3) is 5.57 Å². The summed E-state index contributed by atoms with van der Waals surface area (Å²) in [5.41, 5.74) is 4.04. The number of allylic oxidation sites excluding steroid dienone is 5. The zero-order valence-corrected chi connectivity index (χ0v) is 38.7. The quantitative estimate of drug-likeness (QED) is 0.0850. The molecular formula is C43H52N2O14S4. The molecule has 16 nitrogen and oxygen atoms in total. The Labute approximate surface area is 369 Å². The minimum atomic E-state index is -4.54. The molecule has 0 spiro atoms. The molecule has 3 aromatic carbocycles. The molecule has 1 unspecified atom stereocenters. The number of rotatable bonds is 16. The lowest BCUT2D eigenvalue weighted by atomic mass is 9.80. The van der Waals surface area contributed by atoms with E-state index in [0.29, 0.717) is 71.2 Å². The molecule has 0 saturated heterocycles. The highest BCUT2D eigenvalue weighted by molar-refractivity contribution is 7.86. The van der Waals surface area contributed by atoms with Crippen molar-refractivity contribution >= 4 is 57.4 Å². The highest BCUT2D eigenvalue weighted by atomic mass is 32.2. The third kappa shape index (κ3) is 10.9. The molecule has 4 N–H and O–H groups in total. The predicted molar refractivity (Wildman–Crippen MR) is 239 cm³/mol. The van der Waals surface area contributed by atoms with Crippen LogP contribution in [0.15, 0.2) is 112 Å². The van der Waals surface area contributed by atoms with Crippen LogP contribution in [0.1, 0.15) is 75.6 Å². The topological polar surface area (TPSA) is 242 Å². The van der Waals surface area contributed by atoms with E-state index < -0.39 is 68.9 Å². The van der Waals surface area contributed by atoms with Gasteiger partial charge in [0.15, 0.2) is 0 Å². The van der Waals surface area contributed by atoms with E-state index in [1.807, 2.05) is 80.8 Å². The zero-order valence-electron chi connectivity index (χ0n) is 35.4. The molecular weight excluding hydrogens is 897 g/mol. The molecule has 0 aromatic heterocycles. The molecule has 3 heterocycles. The van der Waals surface area contributed by atoms with Gasteiger partial charge in [0.25, 0.3) is 40.5 Å². The van der Waals surface area contributed by atoms with Crippen molar-refractivity contribution in [3.63, 3.8) is 0 Å². The second kappa shape index (κ2) is 17.8. The highest BCUT2D eigenvalue weighted by Crippen LogP contribution is 2.50. The summed E-state index contributed by atoms with van der Waals surface area (Å²) in [5, 5.41) is 0. The van der Waals surface area contributed by atoms with Crippen LogP contribution in [-0.2, 0) is 60.8 Å². The van der Waals surface area contributed by atoms with Gasteiger partial charge in [-0.2, -0.15) is 33.7 Å². The van der Waals surface area contributed by atoms with Gasteiger partial charge in [0.05, 0.1) is 32.9 Å². The first-order chi connectivity index (χ1) is 29.2. The zero-order chi connectivity index (χ0) is 46.3. The highest BCUT2D eigenvalue weighted by Gasteiger charge is 2.44. The van der Waals surface area contributed by atoms with Gasteiger partial charge in [-0.15, -0.1) is 0 Å². The molecule has 0 saturated carbocycles. The van der Waals surface area contributed by atoms with E-state index in [9.17, 15) is 51.9 Å². The summed E-state index contributed by atoms with van der Waals surface area (Å²) >= 11 is 0. The lowest BCUT2D eigenvalue weighted by Gasteiger charge is -2.33. The van der Waals surface area contributed by atoms with Crippen molar-refractivity contribution < 1.29 is 61.4 Å². The molecule has 3 aliphatic heterocycles. The fraction of sp³-hybridized carbons (Fsp3) is 0.395. The molecule has 6 rings (SSSR count). The van der Waals surface area contributed by atoms with Gasteiger partial charge in [0.2, 0.25) is 6.79 Å². The molecule has 63 heavy (non-hydrogen) atoms. The summed E-state index contributed by atoms with van der Waals surface area (Å²) in [6, 6.07) is 15.9. The van der Waals surface area contributed by atoms with Crippen LogP contribution in [0.3, 0.4) is 0 Å². The maximum absolute atomic E-state index is 12.2. The van der Waals surface area contributed by atoms with Crippen LogP contribution in [0.5, 0.6) is 0 Å². The van der Waals surface area contributed by atoms with E-state index in [4.69, 9.17) is 9.47 Å². The normalized spacial score (nSPS) is 20.0. The number of anilines is 2. The van der Waals surface area contributed by atoms with E-state index in [2.05, 4.69) is 0 Å². The number of benzene rings is 3. The van der Waals surface area contributed by atoms with Gasteiger partial charge >= 0.3 is 0 Å². The van der Waals surface area contributed by atoms with E-state index in [0.717, 1.165) is 11.1 Å². The molecule has 0 radical (unpaired) electrons. The number of hydrogen-bond donors (Lipinski definition) is 4. The van der Waals surface area contributed by atoms with Crippen LogP contribution >= 0.6 is 0 Å². The third-order valence-electron chi connectivity index (χ3n) is 11.7. The van der Waals surface area contributed by atoms with Gasteiger partial charge < -0.3 is 19.3 Å². The Morgan fingerprint density at radius 3 is 1.81 bits per heavy atom. The maximum atomic E-state index is 12.2. The predicted octanol–water partition coefficient (Wildman–Crippen LogP) is 6.83. The van der Waals surface area contributed by atoms with Crippen molar-refractivity contribution in [2.75, 3.05) is 41.2 Å². The average molecular weight is 949 g/mol. The Morgan fingerprint density at radius 2 is 1.24 bits per heavy atom. The molecule has 0 aliphatic carbocycles. The Hall–Kier alpha value is -4.54. The summed E-state index contributed by atoms with van der Waals surface area (Å²) in [6.07, 6.45) is 8.39. The first-order valence-corrected chi connectivity index (χ1v) is 26.1. The first-order valence-electron chi connectivity index (χ1n) is 20.0. The minimum Gasteiger partial charge on any atom is -0.457 e. The SMILES string of the molecule is Cc1ccc(C2=C(/C=C/C3N(CCCCS(=O)(=O)O)c4ccc(S(=O)(=O)O)cc4C3(C)C)OCO/C2=C\C=C2\N(CCCCS(=O)(=O)O)c3ccc(S(=O)(=O)O)cc3C2(C)C)cc1. The maximum Gasteiger partial charge on any atom is 0.294 e. The number of aryl methyl sites for hydroxylation is 1. The lowest BCUT2D eigenvalue weighted by Crippen LogP contribution is -2.40. The largest absolute Gasteiger partial charge is 0.457 e. The first kappa shape index (κ1) is 47.9. The Balaban J connectivity index is 1.45. The summed E-state index contributed by atoms with van der Waals surface area (Å²) in [7, 11) is -17.5. The van der Waals surface area contributed by atoms with Crippen molar-refractivity contribution in [2.45, 2.75) is 87.0 Å². The van der Waals surface area contributed by atoms with Crippen molar-refractivity contribution in [2.24, 2.45) is 0 Å². The van der Waals surface area contributed by atoms with E-state index in [-0.39, 0.29) is 29.4 Å². The molecule has 0 fully saturated rings. The van der Waals surface area contributed by atoms with Crippen molar-refractivity contribution in [3.05, 3.63) is 124 Å². The molecule has 0 amide bonds.